The van der Waals surface area contributed by atoms with Crippen molar-refractivity contribution in [2.24, 2.45) is 0 Å². The lowest BCUT2D eigenvalue weighted by molar-refractivity contribution is -0.385. The van der Waals surface area contributed by atoms with Gasteiger partial charge in [-0.15, -0.1) is 0 Å². The number of carbonyl (C=O) groups is 1. The number of nitro benzene ring substituents is 1. The van der Waals surface area contributed by atoms with Gasteiger partial charge < -0.3 is 9.15 Å². The lowest BCUT2D eigenvalue weighted by Crippen LogP contribution is -1.98. The Balaban J connectivity index is 2.23. The first kappa shape index (κ1) is 15.5. The van der Waals surface area contributed by atoms with Crippen LogP contribution in [0.5, 0.6) is 0 Å². The number of nitro groups is 1. The summed E-state index contributed by atoms with van der Waals surface area (Å²) in [7, 11) is 0. The van der Waals surface area contributed by atoms with Crippen molar-refractivity contribution in [2.75, 3.05) is 6.61 Å². The van der Waals surface area contributed by atoms with Crippen LogP contribution in [0.3, 0.4) is 0 Å². The van der Waals surface area contributed by atoms with Crippen LogP contribution in [-0.4, -0.2) is 17.5 Å². The molecule has 2 aromatic rings. The highest BCUT2D eigenvalue weighted by Crippen LogP contribution is 2.28. The van der Waals surface area contributed by atoms with Gasteiger partial charge in [-0.3, -0.25) is 10.1 Å². The maximum Gasteiger partial charge on any atom is 0.330 e. The molecule has 1 heterocycles. The fourth-order valence-electron chi connectivity index (χ4n) is 1.90. The normalized spacial score (nSPS) is 10.8. The third kappa shape index (κ3) is 3.60. The molecule has 0 radical (unpaired) electrons. The summed E-state index contributed by atoms with van der Waals surface area (Å²) in [4.78, 5) is 21.8. The van der Waals surface area contributed by atoms with Crippen molar-refractivity contribution in [3.63, 3.8) is 0 Å². The predicted octanol–water partition coefficient (Wildman–Crippen LogP) is 3.74. The number of hydrogen-bond acceptors (Lipinski definition) is 5. The average Bonchev–Trinajstić information content (AvgIpc) is 2.94. The molecular weight excluding hydrogens is 286 g/mol. The molecule has 0 saturated carbocycles. The summed E-state index contributed by atoms with van der Waals surface area (Å²) in [6.07, 6.45) is 2.76. The number of esters is 1. The summed E-state index contributed by atoms with van der Waals surface area (Å²) in [5, 5.41) is 11.0. The molecule has 0 aliphatic carbocycles. The second kappa shape index (κ2) is 6.71. The van der Waals surface area contributed by atoms with Gasteiger partial charge in [0.15, 0.2) is 0 Å². The Hall–Kier alpha value is -2.89. The number of furan rings is 1. The van der Waals surface area contributed by atoms with Crippen LogP contribution in [0.15, 0.2) is 40.8 Å². The molecule has 2 rings (SSSR count). The van der Waals surface area contributed by atoms with Gasteiger partial charge in [0.25, 0.3) is 5.69 Å². The summed E-state index contributed by atoms with van der Waals surface area (Å²) < 4.78 is 10.3. The zero-order valence-electron chi connectivity index (χ0n) is 12.2. The molecule has 6 nitrogen and oxygen atoms in total. The number of ether oxygens (including phenoxy) is 1. The molecular formula is C16H15NO5. The molecule has 0 unspecified atom stereocenters. The Kier molecular flexibility index (Phi) is 4.73. The third-order valence-corrected chi connectivity index (χ3v) is 2.99. The summed E-state index contributed by atoms with van der Waals surface area (Å²) in [5.74, 6) is 0.504. The number of carbonyl (C=O) groups excluding carboxylic acids is 1. The van der Waals surface area contributed by atoms with Crippen molar-refractivity contribution in [2.45, 2.75) is 13.8 Å². The summed E-state index contributed by atoms with van der Waals surface area (Å²) in [6.45, 7) is 3.71. The largest absolute Gasteiger partial charge is 0.463 e. The van der Waals surface area contributed by atoms with E-state index in [0.717, 1.165) is 0 Å². The molecule has 0 spiro atoms. The first-order chi connectivity index (χ1) is 10.5. The number of aryl methyl sites for hydroxylation is 1. The van der Waals surface area contributed by atoms with E-state index in [0.29, 0.717) is 29.3 Å². The van der Waals surface area contributed by atoms with Crippen molar-refractivity contribution in [3.8, 4) is 11.3 Å². The molecule has 6 heteroatoms. The first-order valence-electron chi connectivity index (χ1n) is 6.71. The topological polar surface area (TPSA) is 82.6 Å². The van der Waals surface area contributed by atoms with Gasteiger partial charge in [-0.1, -0.05) is 12.1 Å². The van der Waals surface area contributed by atoms with Gasteiger partial charge in [0.1, 0.15) is 11.5 Å². The van der Waals surface area contributed by atoms with Crippen molar-refractivity contribution >= 4 is 17.7 Å². The smallest absolute Gasteiger partial charge is 0.330 e. The standard InChI is InChI=1S/C16H15NO5/c1-3-21-16(18)9-7-13-6-8-15(22-13)12-5-4-11(2)14(10-12)17(19)20/h4-10H,3H2,1-2H3/b9-7+. The van der Waals surface area contributed by atoms with Crippen molar-refractivity contribution in [3.05, 3.63) is 57.8 Å². The van der Waals surface area contributed by atoms with E-state index in [1.54, 1.807) is 38.1 Å². The highest BCUT2D eigenvalue weighted by atomic mass is 16.6. The molecule has 0 aliphatic heterocycles. The van der Waals surface area contributed by atoms with Crippen LogP contribution >= 0.6 is 0 Å². The molecule has 22 heavy (non-hydrogen) atoms. The van der Waals surface area contributed by atoms with E-state index in [9.17, 15) is 14.9 Å². The maximum atomic E-state index is 11.2. The Morgan fingerprint density at radius 2 is 2.14 bits per heavy atom. The van der Waals surface area contributed by atoms with Gasteiger partial charge in [0.2, 0.25) is 0 Å². The van der Waals surface area contributed by atoms with Gasteiger partial charge in [0.05, 0.1) is 11.5 Å². The van der Waals surface area contributed by atoms with Gasteiger partial charge in [-0.05, 0) is 32.1 Å². The summed E-state index contributed by atoms with van der Waals surface area (Å²) >= 11 is 0. The maximum absolute atomic E-state index is 11.2. The zero-order chi connectivity index (χ0) is 16.1. The van der Waals surface area contributed by atoms with Gasteiger partial charge >= 0.3 is 5.97 Å². The van der Waals surface area contributed by atoms with E-state index in [1.807, 2.05) is 0 Å². The number of rotatable bonds is 5. The molecule has 0 saturated heterocycles. The fraction of sp³-hybridized carbons (Fsp3) is 0.188. The van der Waals surface area contributed by atoms with Crippen LogP contribution in [-0.2, 0) is 9.53 Å². The van der Waals surface area contributed by atoms with Crippen LogP contribution in [0, 0.1) is 17.0 Å². The Morgan fingerprint density at radius 1 is 1.36 bits per heavy atom. The summed E-state index contributed by atoms with van der Waals surface area (Å²) in [6, 6.07) is 8.26. The molecule has 0 fully saturated rings. The molecule has 0 amide bonds. The molecule has 1 aromatic carbocycles. The van der Waals surface area contributed by atoms with E-state index in [4.69, 9.17) is 9.15 Å². The van der Waals surface area contributed by atoms with Gasteiger partial charge in [-0.2, -0.15) is 0 Å². The molecule has 0 aliphatic rings. The van der Waals surface area contributed by atoms with Crippen molar-refractivity contribution < 1.29 is 18.9 Å². The molecule has 0 bridgehead atoms. The molecule has 1 aromatic heterocycles. The van der Waals surface area contributed by atoms with Gasteiger partial charge in [0, 0.05) is 23.3 Å². The van der Waals surface area contributed by atoms with E-state index in [-0.39, 0.29) is 5.69 Å². The molecule has 0 N–H and O–H groups in total. The van der Waals surface area contributed by atoms with Crippen LogP contribution < -0.4 is 0 Å². The molecule has 0 atom stereocenters. The first-order valence-corrected chi connectivity index (χ1v) is 6.71. The monoisotopic (exact) mass is 301 g/mol. The third-order valence-electron chi connectivity index (χ3n) is 2.99. The van der Waals surface area contributed by atoms with Crippen LogP contribution in [0.2, 0.25) is 0 Å². The molecule has 114 valence electrons. The highest BCUT2D eigenvalue weighted by molar-refractivity contribution is 5.86. The van der Waals surface area contributed by atoms with Crippen LogP contribution in [0.25, 0.3) is 17.4 Å². The lowest BCUT2D eigenvalue weighted by Gasteiger charge is -2.00. The minimum absolute atomic E-state index is 0.0394. The van der Waals surface area contributed by atoms with Crippen molar-refractivity contribution in [1.82, 2.24) is 0 Å². The minimum Gasteiger partial charge on any atom is -0.463 e. The summed E-state index contributed by atoms with van der Waals surface area (Å²) in [5.41, 5.74) is 1.23. The predicted molar refractivity (Wildman–Crippen MR) is 81.2 cm³/mol. The fourth-order valence-corrected chi connectivity index (χ4v) is 1.90. The Bertz CT molecular complexity index is 730. The van der Waals surface area contributed by atoms with Crippen LogP contribution in [0.4, 0.5) is 5.69 Å². The highest BCUT2D eigenvalue weighted by Gasteiger charge is 2.13. The van der Waals surface area contributed by atoms with E-state index < -0.39 is 10.9 Å². The van der Waals surface area contributed by atoms with Gasteiger partial charge in [-0.25, -0.2) is 4.79 Å². The number of benzene rings is 1. The average molecular weight is 301 g/mol. The van der Waals surface area contributed by atoms with Crippen molar-refractivity contribution in [1.29, 1.82) is 0 Å². The number of nitrogens with zero attached hydrogens (tertiary/aromatic N) is 1. The van der Waals surface area contributed by atoms with E-state index in [1.165, 1.54) is 18.2 Å². The second-order valence-electron chi connectivity index (χ2n) is 4.55. The lowest BCUT2D eigenvalue weighted by atomic mass is 10.1. The minimum atomic E-state index is -0.452. The van der Waals surface area contributed by atoms with E-state index in [2.05, 4.69) is 0 Å². The Labute approximate surface area is 127 Å². The quantitative estimate of drug-likeness (QED) is 0.363. The van der Waals surface area contributed by atoms with E-state index >= 15 is 0 Å². The second-order valence-corrected chi connectivity index (χ2v) is 4.55. The van der Waals surface area contributed by atoms with Crippen LogP contribution in [0.1, 0.15) is 18.2 Å². The number of hydrogen-bond donors (Lipinski definition) is 0. The zero-order valence-corrected chi connectivity index (χ0v) is 12.2. The SMILES string of the molecule is CCOC(=O)/C=C/c1ccc(-c2ccc(C)c([N+](=O)[O-])c2)o1. The Morgan fingerprint density at radius 3 is 2.82 bits per heavy atom.